The average Bonchev–Trinajstić information content (AvgIpc) is 3.45. The number of ether oxygens (including phenoxy) is 2. The number of thiazole rings is 1. The molecule has 220 valence electrons. The molecule has 4 aromatic rings. The van der Waals surface area contributed by atoms with Gasteiger partial charge < -0.3 is 14.8 Å². The molecule has 6 rings (SSSR count). The number of aromatic nitrogens is 1. The monoisotopic (exact) mass is 655 g/mol. The summed E-state index contributed by atoms with van der Waals surface area (Å²) in [4.78, 5) is 55.9. The predicted molar refractivity (Wildman–Crippen MR) is 167 cm³/mol. The molecule has 1 N–H and O–H groups in total. The van der Waals surface area contributed by atoms with E-state index in [1.54, 1.807) is 42.5 Å². The molecular weight excluding hydrogens is 633 g/mol. The number of halogens is 2. The van der Waals surface area contributed by atoms with Gasteiger partial charge in [-0.3, -0.25) is 23.7 Å². The maximum Gasteiger partial charge on any atom is 0.308 e. The predicted octanol–water partition coefficient (Wildman–Crippen LogP) is 5.67. The highest BCUT2D eigenvalue weighted by Crippen LogP contribution is 2.55. The number of imide groups is 1. The molecule has 3 amide bonds. The molecule has 13 heteroatoms. The smallest absolute Gasteiger partial charge is 0.308 e. The van der Waals surface area contributed by atoms with E-state index < -0.39 is 28.9 Å². The second-order valence-electron chi connectivity index (χ2n) is 9.79. The minimum Gasteiger partial charge on any atom is -0.497 e. The van der Waals surface area contributed by atoms with Crippen molar-refractivity contribution in [2.45, 2.75) is 22.7 Å². The Morgan fingerprint density at radius 1 is 0.930 bits per heavy atom. The minimum atomic E-state index is -0.838. The van der Waals surface area contributed by atoms with Gasteiger partial charge in [-0.15, -0.1) is 0 Å². The Balaban J connectivity index is 1.41. The van der Waals surface area contributed by atoms with Gasteiger partial charge in [0.25, 0.3) is 0 Å². The number of thioether (sulfide) groups is 1. The summed E-state index contributed by atoms with van der Waals surface area (Å²) < 4.78 is 12.2. The number of hydrogen-bond donors (Lipinski definition) is 1. The van der Waals surface area contributed by atoms with Crippen LogP contribution in [0.5, 0.6) is 11.5 Å². The van der Waals surface area contributed by atoms with Crippen molar-refractivity contribution in [3.63, 3.8) is 0 Å². The van der Waals surface area contributed by atoms with Gasteiger partial charge in [0.15, 0.2) is 0 Å². The number of amides is 3. The lowest BCUT2D eigenvalue weighted by Gasteiger charge is -2.31. The molecule has 9 nitrogen and oxygen atoms in total. The number of benzene rings is 3. The number of carbonyl (C=O) groups excluding carboxylic acids is 3. The van der Waals surface area contributed by atoms with Crippen LogP contribution in [0.25, 0.3) is 0 Å². The van der Waals surface area contributed by atoms with E-state index in [2.05, 4.69) is 5.32 Å². The molecule has 0 saturated carbocycles. The van der Waals surface area contributed by atoms with Crippen molar-refractivity contribution < 1.29 is 23.9 Å². The van der Waals surface area contributed by atoms with Crippen LogP contribution >= 0.6 is 46.3 Å². The van der Waals surface area contributed by atoms with Gasteiger partial charge in [-0.1, -0.05) is 64.5 Å². The Kier molecular flexibility index (Phi) is 7.99. The third-order valence-corrected chi connectivity index (χ3v) is 10.7. The molecule has 0 radical (unpaired) electrons. The van der Waals surface area contributed by atoms with Gasteiger partial charge in [0, 0.05) is 22.0 Å². The van der Waals surface area contributed by atoms with E-state index in [1.807, 2.05) is 18.2 Å². The molecule has 1 aromatic heterocycles. The molecule has 0 spiro atoms. The van der Waals surface area contributed by atoms with Gasteiger partial charge in [-0.25, -0.2) is 4.90 Å². The van der Waals surface area contributed by atoms with E-state index in [0.29, 0.717) is 43.4 Å². The lowest BCUT2D eigenvalue weighted by molar-refractivity contribution is -0.122. The van der Waals surface area contributed by atoms with E-state index in [0.717, 1.165) is 23.1 Å². The van der Waals surface area contributed by atoms with Crippen molar-refractivity contribution in [3.05, 3.63) is 96.9 Å². The largest absolute Gasteiger partial charge is 0.497 e. The maximum absolute atomic E-state index is 14.1. The van der Waals surface area contributed by atoms with E-state index in [9.17, 15) is 19.2 Å². The van der Waals surface area contributed by atoms with Gasteiger partial charge in [0.1, 0.15) is 23.3 Å². The zero-order valence-corrected chi connectivity index (χ0v) is 25.9. The molecule has 1 fully saturated rings. The van der Waals surface area contributed by atoms with Crippen LogP contribution in [-0.4, -0.2) is 41.8 Å². The van der Waals surface area contributed by atoms with Crippen LogP contribution in [0.3, 0.4) is 0 Å². The first-order chi connectivity index (χ1) is 20.7. The Bertz CT molecular complexity index is 1820. The average molecular weight is 657 g/mol. The van der Waals surface area contributed by atoms with Crippen molar-refractivity contribution in [2.24, 2.45) is 5.92 Å². The number of rotatable bonds is 7. The molecule has 0 aliphatic carbocycles. The van der Waals surface area contributed by atoms with Crippen LogP contribution in [0.2, 0.25) is 10.0 Å². The van der Waals surface area contributed by atoms with Crippen molar-refractivity contribution in [2.75, 3.05) is 24.4 Å². The van der Waals surface area contributed by atoms with Crippen LogP contribution < -0.4 is 24.6 Å². The fraction of sp³-hybridized carbons (Fsp3) is 0.200. The quantitative estimate of drug-likeness (QED) is 0.256. The van der Waals surface area contributed by atoms with E-state index in [-0.39, 0.29) is 22.3 Å². The fourth-order valence-corrected chi connectivity index (χ4v) is 8.48. The molecule has 43 heavy (non-hydrogen) atoms. The first-order valence-electron chi connectivity index (χ1n) is 13.0. The molecule has 0 unspecified atom stereocenters. The standard InChI is InChI=1S/C30H23Cl2N3O6S2/c1-40-17-10-8-16(9-11-17)35-27(37)24-23(18-5-3-4-6-21(18)41-2)26-29(42-25(24)28(35)38)34(30(39)43-26)14-22(36)33-15-7-12-19(31)20(32)13-15/h3-13,23-25H,14H2,1-2H3,(H,33,36)/t23-,24-,25+/m0/s1. The summed E-state index contributed by atoms with van der Waals surface area (Å²) in [5, 5.41) is 2.98. The van der Waals surface area contributed by atoms with Gasteiger partial charge in [-0.05, 0) is 48.5 Å². The summed E-state index contributed by atoms with van der Waals surface area (Å²) in [7, 11) is 3.06. The number of fused-ring (bicyclic) bond motifs is 2. The van der Waals surface area contributed by atoms with Crippen molar-refractivity contribution in [3.8, 4) is 11.5 Å². The first-order valence-corrected chi connectivity index (χ1v) is 15.5. The number of anilines is 2. The van der Waals surface area contributed by atoms with Gasteiger partial charge in [0.2, 0.25) is 17.7 Å². The Labute approximate surface area is 264 Å². The van der Waals surface area contributed by atoms with Gasteiger partial charge in [0.05, 0.1) is 40.9 Å². The summed E-state index contributed by atoms with van der Waals surface area (Å²) in [5.41, 5.74) is 1.52. The zero-order valence-electron chi connectivity index (χ0n) is 22.7. The van der Waals surface area contributed by atoms with Crippen LogP contribution in [0.1, 0.15) is 16.4 Å². The maximum atomic E-state index is 14.1. The van der Waals surface area contributed by atoms with Gasteiger partial charge in [-0.2, -0.15) is 0 Å². The Morgan fingerprint density at radius 3 is 2.37 bits per heavy atom. The Morgan fingerprint density at radius 2 is 1.67 bits per heavy atom. The van der Waals surface area contributed by atoms with Crippen molar-refractivity contribution in [1.82, 2.24) is 4.57 Å². The van der Waals surface area contributed by atoms with Crippen LogP contribution in [0.15, 0.2) is 76.6 Å². The molecule has 2 aliphatic rings. The van der Waals surface area contributed by atoms with E-state index in [4.69, 9.17) is 32.7 Å². The molecule has 2 aliphatic heterocycles. The topological polar surface area (TPSA) is 107 Å². The van der Waals surface area contributed by atoms with Crippen molar-refractivity contribution >= 4 is 75.4 Å². The Hall–Kier alpha value is -3.77. The van der Waals surface area contributed by atoms with Gasteiger partial charge >= 0.3 is 4.87 Å². The van der Waals surface area contributed by atoms with Crippen LogP contribution in [0, 0.1) is 5.92 Å². The zero-order chi connectivity index (χ0) is 30.4. The molecule has 1 saturated heterocycles. The molecular formula is C30H23Cl2N3O6S2. The second kappa shape index (κ2) is 11.7. The number of carbonyl (C=O) groups is 3. The molecule has 0 bridgehead atoms. The highest BCUT2D eigenvalue weighted by atomic mass is 35.5. The highest BCUT2D eigenvalue weighted by Gasteiger charge is 2.57. The summed E-state index contributed by atoms with van der Waals surface area (Å²) in [5.74, 6) is -1.59. The summed E-state index contributed by atoms with van der Waals surface area (Å²) in [6.07, 6.45) is 0. The number of nitrogens with zero attached hydrogens (tertiary/aromatic N) is 2. The summed E-state index contributed by atoms with van der Waals surface area (Å²) in [6.45, 7) is -0.307. The third-order valence-electron chi connectivity index (χ3n) is 7.36. The van der Waals surface area contributed by atoms with Crippen molar-refractivity contribution in [1.29, 1.82) is 0 Å². The lowest BCUT2D eigenvalue weighted by atomic mass is 9.82. The number of hydrogen-bond acceptors (Lipinski definition) is 8. The van der Waals surface area contributed by atoms with E-state index in [1.165, 1.54) is 29.8 Å². The minimum absolute atomic E-state index is 0.275. The molecule has 3 aromatic carbocycles. The summed E-state index contributed by atoms with van der Waals surface area (Å²) in [6, 6.07) is 18.6. The molecule has 3 atom stereocenters. The number of methoxy groups -OCH3 is 2. The highest BCUT2D eigenvalue weighted by molar-refractivity contribution is 8.00. The van der Waals surface area contributed by atoms with Crippen LogP contribution in [0.4, 0.5) is 11.4 Å². The third kappa shape index (κ3) is 5.20. The number of para-hydroxylation sites is 1. The fourth-order valence-electron chi connectivity index (χ4n) is 5.42. The number of nitrogens with one attached hydrogen (secondary N) is 1. The first kappa shape index (κ1) is 29.3. The SMILES string of the molecule is COc1ccc(N2C(=O)[C@H]3[C@H](c4ccccc4OC)c4sc(=O)n(CC(=O)Nc5ccc(Cl)c(Cl)c5)c4S[C@H]3C2=O)cc1. The molecule has 3 heterocycles. The van der Waals surface area contributed by atoms with E-state index >= 15 is 0 Å². The lowest BCUT2D eigenvalue weighted by Crippen LogP contribution is -2.33. The summed E-state index contributed by atoms with van der Waals surface area (Å²) >= 11 is 14.2. The second-order valence-corrected chi connectivity index (χ2v) is 12.7. The normalized spacial score (nSPS) is 19.2. The van der Waals surface area contributed by atoms with Crippen LogP contribution in [-0.2, 0) is 20.9 Å².